The lowest BCUT2D eigenvalue weighted by Crippen LogP contribution is -2.38. The average molecular weight is 303 g/mol. The summed E-state index contributed by atoms with van der Waals surface area (Å²) in [5, 5.41) is 6.71. The summed E-state index contributed by atoms with van der Waals surface area (Å²) < 4.78 is 0. The summed E-state index contributed by atoms with van der Waals surface area (Å²) in [7, 11) is 0. The van der Waals surface area contributed by atoms with Crippen LogP contribution in [0.5, 0.6) is 0 Å². The number of guanidine groups is 1. The molecule has 0 amide bonds. The van der Waals surface area contributed by atoms with Crippen LogP contribution in [0, 0.1) is 5.92 Å². The van der Waals surface area contributed by atoms with Crippen molar-refractivity contribution in [1.29, 1.82) is 0 Å². The Hall–Kier alpha value is -1.78. The minimum absolute atomic E-state index is 0.658. The summed E-state index contributed by atoms with van der Waals surface area (Å²) in [6.45, 7) is 10.9. The van der Waals surface area contributed by atoms with Crippen LogP contribution in [-0.4, -0.2) is 37.1 Å². The molecule has 1 aromatic rings. The molecule has 2 N–H and O–H groups in total. The summed E-state index contributed by atoms with van der Waals surface area (Å²) in [4.78, 5) is 11.4. The van der Waals surface area contributed by atoms with E-state index < -0.39 is 0 Å². The highest BCUT2D eigenvalue weighted by molar-refractivity contribution is 5.79. The van der Waals surface area contributed by atoms with Gasteiger partial charge in [-0.25, -0.2) is 9.98 Å². The molecular formula is C17H29N5. The highest BCUT2D eigenvalue weighted by Gasteiger charge is 2.20. The Balaban J connectivity index is 1.90. The van der Waals surface area contributed by atoms with Gasteiger partial charge in [0.05, 0.1) is 6.54 Å². The van der Waals surface area contributed by atoms with E-state index in [2.05, 4.69) is 58.4 Å². The molecule has 0 radical (unpaired) electrons. The lowest BCUT2D eigenvalue weighted by Gasteiger charge is -2.19. The molecule has 1 saturated carbocycles. The van der Waals surface area contributed by atoms with Crippen LogP contribution in [-0.2, 0) is 6.54 Å². The van der Waals surface area contributed by atoms with Crippen LogP contribution in [0.3, 0.4) is 0 Å². The van der Waals surface area contributed by atoms with E-state index in [1.54, 1.807) is 0 Å². The molecule has 2 rings (SSSR count). The van der Waals surface area contributed by atoms with Gasteiger partial charge in [0.15, 0.2) is 5.96 Å². The van der Waals surface area contributed by atoms with Crippen LogP contribution < -0.4 is 15.5 Å². The summed E-state index contributed by atoms with van der Waals surface area (Å²) >= 11 is 0. The van der Waals surface area contributed by atoms with Crippen LogP contribution >= 0.6 is 0 Å². The van der Waals surface area contributed by atoms with Crippen molar-refractivity contribution < 1.29 is 0 Å². The average Bonchev–Trinajstić information content (AvgIpc) is 3.37. The predicted octanol–water partition coefficient (Wildman–Crippen LogP) is 2.39. The molecule has 0 saturated heterocycles. The molecule has 122 valence electrons. The Bertz CT molecular complexity index is 460. The third-order valence-electron chi connectivity index (χ3n) is 3.92. The zero-order valence-electron chi connectivity index (χ0n) is 14.1. The van der Waals surface area contributed by atoms with Crippen molar-refractivity contribution in [1.82, 2.24) is 15.6 Å². The van der Waals surface area contributed by atoms with E-state index in [1.807, 2.05) is 6.20 Å². The first kappa shape index (κ1) is 16.6. The third kappa shape index (κ3) is 5.20. The van der Waals surface area contributed by atoms with Crippen LogP contribution in [0.1, 0.15) is 39.2 Å². The molecule has 0 atom stereocenters. The number of rotatable bonds is 8. The molecule has 0 unspecified atom stereocenters. The zero-order valence-corrected chi connectivity index (χ0v) is 14.1. The van der Waals surface area contributed by atoms with Crippen LogP contribution in [0.25, 0.3) is 0 Å². The Kier molecular flexibility index (Phi) is 6.49. The van der Waals surface area contributed by atoms with Gasteiger partial charge in [-0.3, -0.25) is 0 Å². The SMILES string of the molecule is CCNC(=NCc1ccc(N(CC)CC)nc1)NCC1CC1. The maximum atomic E-state index is 4.64. The number of nitrogens with one attached hydrogen (secondary N) is 2. The molecule has 0 aromatic carbocycles. The standard InChI is InChI=1S/C17H29N5/c1-4-18-17(20-11-14-7-8-14)21-13-15-9-10-16(19-12-15)22(5-2)6-3/h9-10,12,14H,4-8,11,13H2,1-3H3,(H2,18,20,21). The molecule has 1 fully saturated rings. The molecule has 5 heteroatoms. The predicted molar refractivity (Wildman–Crippen MR) is 93.3 cm³/mol. The maximum Gasteiger partial charge on any atom is 0.191 e. The normalized spacial score (nSPS) is 14.8. The largest absolute Gasteiger partial charge is 0.357 e. The Morgan fingerprint density at radius 1 is 1.23 bits per heavy atom. The summed E-state index contributed by atoms with van der Waals surface area (Å²) in [5.41, 5.74) is 1.14. The maximum absolute atomic E-state index is 4.64. The van der Waals surface area contributed by atoms with Gasteiger partial charge in [-0.1, -0.05) is 6.07 Å². The van der Waals surface area contributed by atoms with E-state index in [0.29, 0.717) is 6.54 Å². The van der Waals surface area contributed by atoms with Crippen LogP contribution in [0.4, 0.5) is 5.82 Å². The van der Waals surface area contributed by atoms with Crippen molar-refractivity contribution >= 4 is 11.8 Å². The van der Waals surface area contributed by atoms with Gasteiger partial charge in [0.25, 0.3) is 0 Å². The third-order valence-corrected chi connectivity index (χ3v) is 3.92. The molecule has 1 aliphatic rings. The highest BCUT2D eigenvalue weighted by atomic mass is 15.2. The Labute approximate surface area is 134 Å². The molecule has 1 aromatic heterocycles. The number of hydrogen-bond acceptors (Lipinski definition) is 3. The fraction of sp³-hybridized carbons (Fsp3) is 0.647. The van der Waals surface area contributed by atoms with Crippen LogP contribution in [0.15, 0.2) is 23.3 Å². The molecular weight excluding hydrogens is 274 g/mol. The van der Waals surface area contributed by atoms with E-state index in [0.717, 1.165) is 49.4 Å². The molecule has 0 spiro atoms. The van der Waals surface area contributed by atoms with Gasteiger partial charge < -0.3 is 15.5 Å². The second-order valence-corrected chi connectivity index (χ2v) is 5.72. The van der Waals surface area contributed by atoms with Crippen molar-refractivity contribution in [2.24, 2.45) is 10.9 Å². The van der Waals surface area contributed by atoms with Crippen molar-refractivity contribution in [3.05, 3.63) is 23.9 Å². The van der Waals surface area contributed by atoms with Gasteiger partial charge in [0, 0.05) is 32.4 Å². The molecule has 22 heavy (non-hydrogen) atoms. The minimum Gasteiger partial charge on any atom is -0.357 e. The second-order valence-electron chi connectivity index (χ2n) is 5.72. The van der Waals surface area contributed by atoms with Crippen molar-refractivity contribution in [3.63, 3.8) is 0 Å². The fourth-order valence-corrected chi connectivity index (χ4v) is 2.32. The number of pyridine rings is 1. The summed E-state index contributed by atoms with van der Waals surface area (Å²) in [6, 6.07) is 4.21. The number of aromatic nitrogens is 1. The van der Waals surface area contributed by atoms with Gasteiger partial charge in [-0.2, -0.15) is 0 Å². The zero-order chi connectivity index (χ0) is 15.8. The number of nitrogens with zero attached hydrogens (tertiary/aromatic N) is 3. The van der Waals surface area contributed by atoms with Gasteiger partial charge in [0.2, 0.25) is 0 Å². The number of anilines is 1. The van der Waals surface area contributed by atoms with Crippen molar-refractivity contribution in [2.75, 3.05) is 31.1 Å². The highest BCUT2D eigenvalue weighted by Crippen LogP contribution is 2.27. The fourth-order valence-electron chi connectivity index (χ4n) is 2.32. The quantitative estimate of drug-likeness (QED) is 0.572. The first-order valence-electron chi connectivity index (χ1n) is 8.48. The van der Waals surface area contributed by atoms with E-state index in [4.69, 9.17) is 0 Å². The van der Waals surface area contributed by atoms with Crippen LogP contribution in [0.2, 0.25) is 0 Å². The first-order chi connectivity index (χ1) is 10.8. The molecule has 1 heterocycles. The van der Waals surface area contributed by atoms with Gasteiger partial charge in [-0.05, 0) is 51.2 Å². The lowest BCUT2D eigenvalue weighted by molar-refractivity contribution is 0.739. The van der Waals surface area contributed by atoms with E-state index in [1.165, 1.54) is 12.8 Å². The number of aliphatic imine (C=N–C) groups is 1. The Morgan fingerprint density at radius 2 is 2.00 bits per heavy atom. The first-order valence-corrected chi connectivity index (χ1v) is 8.48. The monoisotopic (exact) mass is 303 g/mol. The second kappa shape index (κ2) is 8.61. The van der Waals surface area contributed by atoms with Crippen molar-refractivity contribution in [3.8, 4) is 0 Å². The Morgan fingerprint density at radius 3 is 2.55 bits per heavy atom. The van der Waals surface area contributed by atoms with E-state index >= 15 is 0 Å². The van der Waals surface area contributed by atoms with E-state index in [9.17, 15) is 0 Å². The topological polar surface area (TPSA) is 52.6 Å². The lowest BCUT2D eigenvalue weighted by atomic mass is 10.3. The van der Waals surface area contributed by atoms with Crippen molar-refractivity contribution in [2.45, 2.75) is 40.2 Å². The van der Waals surface area contributed by atoms with Gasteiger partial charge >= 0.3 is 0 Å². The smallest absolute Gasteiger partial charge is 0.191 e. The van der Waals surface area contributed by atoms with E-state index in [-0.39, 0.29) is 0 Å². The molecule has 0 bridgehead atoms. The summed E-state index contributed by atoms with van der Waals surface area (Å²) in [6.07, 6.45) is 4.63. The number of hydrogen-bond donors (Lipinski definition) is 2. The molecule has 1 aliphatic carbocycles. The molecule has 0 aliphatic heterocycles. The van der Waals surface area contributed by atoms with Gasteiger partial charge in [-0.15, -0.1) is 0 Å². The molecule has 5 nitrogen and oxygen atoms in total. The minimum atomic E-state index is 0.658. The summed E-state index contributed by atoms with van der Waals surface area (Å²) in [5.74, 6) is 2.79. The van der Waals surface area contributed by atoms with Gasteiger partial charge in [0.1, 0.15) is 5.82 Å².